The van der Waals surface area contributed by atoms with Crippen LogP contribution in [0.4, 0.5) is 0 Å². The predicted molar refractivity (Wildman–Crippen MR) is 118 cm³/mol. The first-order valence-electron chi connectivity index (χ1n) is 10.8. The highest BCUT2D eigenvalue weighted by molar-refractivity contribution is 5.80. The van der Waals surface area contributed by atoms with Crippen LogP contribution in [-0.2, 0) is 10.8 Å². The van der Waals surface area contributed by atoms with Crippen LogP contribution in [0.5, 0.6) is 0 Å². The number of rotatable bonds is 2. The molecule has 1 aliphatic heterocycles. The average Bonchev–Trinajstić information content (AvgIpc) is 3.25. The fourth-order valence-electron chi connectivity index (χ4n) is 4.83. The first kappa shape index (κ1) is 19.7. The van der Waals surface area contributed by atoms with Crippen LogP contribution in [0.25, 0.3) is 11.1 Å². The summed E-state index contributed by atoms with van der Waals surface area (Å²) in [4.78, 5) is 0. The monoisotopic (exact) mass is 377 g/mol. The Labute approximate surface area is 170 Å². The Bertz CT molecular complexity index is 815. The Hall–Kier alpha value is -1.64. The number of nitrogens with one attached hydrogen (secondary N) is 1. The van der Waals surface area contributed by atoms with Crippen molar-refractivity contribution in [2.24, 2.45) is 0 Å². The molecule has 0 saturated carbocycles. The highest BCUT2D eigenvalue weighted by Gasteiger charge is 2.39. The molecule has 0 bridgehead atoms. The Morgan fingerprint density at radius 3 is 1.75 bits per heavy atom. The molecule has 2 heteroatoms. The largest absolute Gasteiger partial charge is 0.391 e. The van der Waals surface area contributed by atoms with Crippen molar-refractivity contribution in [3.05, 3.63) is 58.7 Å². The van der Waals surface area contributed by atoms with Crippen LogP contribution in [-0.4, -0.2) is 23.8 Å². The van der Waals surface area contributed by atoms with E-state index in [9.17, 15) is 5.11 Å². The zero-order valence-corrected chi connectivity index (χ0v) is 18.3. The second kappa shape index (κ2) is 6.71. The van der Waals surface area contributed by atoms with Crippen molar-refractivity contribution >= 4 is 0 Å². The molecule has 0 spiro atoms. The minimum Gasteiger partial charge on any atom is -0.391 e. The molecule has 2 aromatic carbocycles. The van der Waals surface area contributed by atoms with Gasteiger partial charge in [-0.05, 0) is 63.6 Å². The van der Waals surface area contributed by atoms with E-state index in [2.05, 4.69) is 83.3 Å². The highest BCUT2D eigenvalue weighted by atomic mass is 16.3. The van der Waals surface area contributed by atoms with Crippen molar-refractivity contribution < 1.29 is 5.11 Å². The summed E-state index contributed by atoms with van der Waals surface area (Å²) in [5, 5.41) is 15.0. The van der Waals surface area contributed by atoms with Crippen molar-refractivity contribution in [3.63, 3.8) is 0 Å². The van der Waals surface area contributed by atoms with Crippen molar-refractivity contribution in [1.29, 1.82) is 0 Å². The maximum Gasteiger partial charge on any atom is 0.0802 e. The van der Waals surface area contributed by atoms with Crippen LogP contribution in [0, 0.1) is 0 Å². The van der Waals surface area contributed by atoms with Gasteiger partial charge in [0.1, 0.15) is 0 Å². The molecule has 1 heterocycles. The van der Waals surface area contributed by atoms with Crippen molar-refractivity contribution in [2.45, 2.75) is 83.3 Å². The molecule has 2 atom stereocenters. The van der Waals surface area contributed by atoms with Crippen LogP contribution in [0.3, 0.4) is 0 Å². The van der Waals surface area contributed by atoms with Gasteiger partial charge in [0.05, 0.1) is 6.10 Å². The third-order valence-electron chi connectivity index (χ3n) is 6.65. The maximum atomic E-state index is 11.5. The Morgan fingerprint density at radius 2 is 1.36 bits per heavy atom. The number of benzene rings is 2. The molecule has 28 heavy (non-hydrogen) atoms. The minimum atomic E-state index is -0.395. The van der Waals surface area contributed by atoms with Gasteiger partial charge in [-0.1, -0.05) is 77.9 Å². The van der Waals surface area contributed by atoms with Gasteiger partial charge in [-0.15, -0.1) is 0 Å². The predicted octanol–water partition coefficient (Wildman–Crippen LogP) is 5.51. The fourth-order valence-corrected chi connectivity index (χ4v) is 4.83. The number of hydrogen-bond donors (Lipinski definition) is 2. The number of hydrogen-bond acceptors (Lipinski definition) is 2. The Kier molecular flexibility index (Phi) is 4.71. The summed E-state index contributed by atoms with van der Waals surface area (Å²) < 4.78 is 0. The lowest BCUT2D eigenvalue weighted by Gasteiger charge is -2.28. The van der Waals surface area contributed by atoms with E-state index in [4.69, 9.17) is 0 Å². The molecule has 0 amide bonds. The molecule has 150 valence electrons. The van der Waals surface area contributed by atoms with Gasteiger partial charge in [-0.25, -0.2) is 0 Å². The standard InChI is InChI=1S/C26H35NO/c1-25(2,3)16-9-11-18-19-12-10-17(26(4,5)6)15-21(19)23(20(18)14-16)24(28)22-8-7-13-27-22/h9-12,14-15,22-24,27-28H,7-8,13H2,1-6H3/t22-,24?/m0/s1. The summed E-state index contributed by atoms with van der Waals surface area (Å²) >= 11 is 0. The molecule has 2 aromatic rings. The second-order valence-corrected chi connectivity index (χ2v) is 10.8. The van der Waals surface area contributed by atoms with Gasteiger partial charge in [0, 0.05) is 12.0 Å². The van der Waals surface area contributed by atoms with Crippen molar-refractivity contribution in [2.75, 3.05) is 6.54 Å². The molecule has 2 nitrogen and oxygen atoms in total. The number of fused-ring (bicyclic) bond motifs is 3. The molecular weight excluding hydrogens is 342 g/mol. The van der Waals surface area contributed by atoms with E-state index in [1.165, 1.54) is 33.4 Å². The van der Waals surface area contributed by atoms with Gasteiger partial charge in [-0.2, -0.15) is 0 Å². The summed E-state index contributed by atoms with van der Waals surface area (Å²) in [6.45, 7) is 14.6. The molecule has 1 aliphatic carbocycles. The second-order valence-electron chi connectivity index (χ2n) is 10.8. The van der Waals surface area contributed by atoms with Gasteiger partial charge in [0.2, 0.25) is 0 Å². The molecule has 1 unspecified atom stereocenters. The normalized spacial score (nSPS) is 20.9. The molecule has 2 N–H and O–H groups in total. The third-order valence-corrected chi connectivity index (χ3v) is 6.65. The lowest BCUT2D eigenvalue weighted by Crippen LogP contribution is -2.38. The van der Waals surface area contributed by atoms with E-state index in [-0.39, 0.29) is 22.8 Å². The lowest BCUT2D eigenvalue weighted by atomic mass is 9.80. The molecule has 1 saturated heterocycles. The SMILES string of the molecule is CC(C)(C)c1ccc2c(c1)C(C(O)[C@@H]1CCCN1)c1cc(C(C)(C)C)ccc1-2. The van der Waals surface area contributed by atoms with Crippen LogP contribution >= 0.6 is 0 Å². The molecule has 0 radical (unpaired) electrons. The van der Waals surface area contributed by atoms with E-state index in [0.717, 1.165) is 19.4 Å². The number of aliphatic hydroxyl groups excluding tert-OH is 1. The summed E-state index contributed by atoms with van der Waals surface area (Å²) in [5.41, 5.74) is 8.07. The Morgan fingerprint density at radius 1 is 0.857 bits per heavy atom. The summed E-state index contributed by atoms with van der Waals surface area (Å²) in [6, 6.07) is 14.0. The summed E-state index contributed by atoms with van der Waals surface area (Å²) in [5.74, 6) is 0.0465. The summed E-state index contributed by atoms with van der Waals surface area (Å²) in [6.07, 6.45) is 1.81. The zero-order chi connectivity index (χ0) is 20.3. The smallest absolute Gasteiger partial charge is 0.0802 e. The van der Waals surface area contributed by atoms with Crippen molar-refractivity contribution in [1.82, 2.24) is 5.32 Å². The van der Waals surface area contributed by atoms with E-state index < -0.39 is 6.10 Å². The van der Waals surface area contributed by atoms with Gasteiger partial charge in [-0.3, -0.25) is 0 Å². The number of aliphatic hydroxyl groups is 1. The maximum absolute atomic E-state index is 11.5. The first-order valence-corrected chi connectivity index (χ1v) is 10.8. The first-order chi connectivity index (χ1) is 13.1. The van der Waals surface area contributed by atoms with Crippen LogP contribution in [0.1, 0.15) is 82.6 Å². The van der Waals surface area contributed by atoms with E-state index in [1.54, 1.807) is 0 Å². The van der Waals surface area contributed by atoms with E-state index in [0.29, 0.717) is 0 Å². The summed E-state index contributed by atoms with van der Waals surface area (Å²) in [7, 11) is 0. The van der Waals surface area contributed by atoms with Gasteiger partial charge >= 0.3 is 0 Å². The quantitative estimate of drug-likeness (QED) is 0.723. The average molecular weight is 378 g/mol. The van der Waals surface area contributed by atoms with Gasteiger partial charge < -0.3 is 10.4 Å². The van der Waals surface area contributed by atoms with Crippen LogP contribution in [0.2, 0.25) is 0 Å². The third kappa shape index (κ3) is 3.31. The molecule has 0 aromatic heterocycles. The fraction of sp³-hybridized carbons (Fsp3) is 0.538. The van der Waals surface area contributed by atoms with Crippen LogP contribution in [0.15, 0.2) is 36.4 Å². The molecular formula is C26H35NO. The van der Waals surface area contributed by atoms with Gasteiger partial charge in [0.15, 0.2) is 0 Å². The van der Waals surface area contributed by atoms with E-state index in [1.807, 2.05) is 0 Å². The molecule has 1 fully saturated rings. The Balaban J connectivity index is 1.88. The zero-order valence-electron chi connectivity index (χ0n) is 18.3. The van der Waals surface area contributed by atoms with Crippen LogP contribution < -0.4 is 5.32 Å². The van der Waals surface area contributed by atoms with Gasteiger partial charge in [0.25, 0.3) is 0 Å². The lowest BCUT2D eigenvalue weighted by molar-refractivity contribution is 0.120. The minimum absolute atomic E-state index is 0.0465. The van der Waals surface area contributed by atoms with Crippen molar-refractivity contribution in [3.8, 4) is 11.1 Å². The topological polar surface area (TPSA) is 32.3 Å². The molecule has 4 rings (SSSR count). The highest BCUT2D eigenvalue weighted by Crippen LogP contribution is 2.49. The molecule has 2 aliphatic rings. The van der Waals surface area contributed by atoms with E-state index >= 15 is 0 Å².